The highest BCUT2D eigenvalue weighted by atomic mass is 16.5. The SMILES string of the molecule is CCC(O)c1cccc(C)c1OCc1ccccc1. The number of hydrogen-bond acceptors (Lipinski definition) is 2. The van der Waals surface area contributed by atoms with Crippen molar-refractivity contribution in [1.82, 2.24) is 0 Å². The van der Waals surface area contributed by atoms with Crippen molar-refractivity contribution in [2.45, 2.75) is 33.0 Å². The predicted molar refractivity (Wildman–Crippen MR) is 77.2 cm³/mol. The fourth-order valence-electron chi connectivity index (χ4n) is 2.08. The van der Waals surface area contributed by atoms with Gasteiger partial charge in [0.15, 0.2) is 0 Å². The number of aliphatic hydroxyl groups is 1. The van der Waals surface area contributed by atoms with Crippen LogP contribution in [-0.2, 0) is 6.61 Å². The first-order chi connectivity index (χ1) is 9.22. The number of aryl methyl sites for hydroxylation is 1. The lowest BCUT2D eigenvalue weighted by Crippen LogP contribution is -2.04. The summed E-state index contributed by atoms with van der Waals surface area (Å²) in [6.07, 6.45) is 0.219. The van der Waals surface area contributed by atoms with Crippen LogP contribution in [-0.4, -0.2) is 5.11 Å². The molecule has 0 radical (unpaired) electrons. The first-order valence-corrected chi connectivity index (χ1v) is 6.66. The molecule has 0 aromatic heterocycles. The first kappa shape index (κ1) is 13.6. The van der Waals surface area contributed by atoms with Crippen LogP contribution in [0, 0.1) is 6.92 Å². The van der Waals surface area contributed by atoms with E-state index >= 15 is 0 Å². The van der Waals surface area contributed by atoms with Crippen molar-refractivity contribution in [3.63, 3.8) is 0 Å². The molecule has 2 aromatic rings. The highest BCUT2D eigenvalue weighted by Crippen LogP contribution is 2.30. The summed E-state index contributed by atoms with van der Waals surface area (Å²) in [5.74, 6) is 0.806. The minimum atomic E-state index is -0.467. The van der Waals surface area contributed by atoms with E-state index in [0.29, 0.717) is 13.0 Å². The molecule has 1 N–H and O–H groups in total. The molecule has 2 rings (SSSR count). The highest BCUT2D eigenvalue weighted by molar-refractivity contribution is 5.42. The van der Waals surface area contributed by atoms with E-state index in [-0.39, 0.29) is 0 Å². The molecule has 1 atom stereocenters. The quantitative estimate of drug-likeness (QED) is 0.875. The molecule has 19 heavy (non-hydrogen) atoms. The minimum Gasteiger partial charge on any atom is -0.488 e. The molecule has 100 valence electrons. The Morgan fingerprint density at radius 1 is 1.05 bits per heavy atom. The van der Waals surface area contributed by atoms with Gasteiger partial charge in [-0.05, 0) is 24.5 Å². The summed E-state index contributed by atoms with van der Waals surface area (Å²) in [6.45, 7) is 4.50. The summed E-state index contributed by atoms with van der Waals surface area (Å²) >= 11 is 0. The van der Waals surface area contributed by atoms with E-state index in [2.05, 4.69) is 0 Å². The molecule has 0 aliphatic carbocycles. The van der Waals surface area contributed by atoms with Gasteiger partial charge in [-0.25, -0.2) is 0 Å². The average Bonchev–Trinajstić information content (AvgIpc) is 2.46. The van der Waals surface area contributed by atoms with E-state index in [1.165, 1.54) is 0 Å². The largest absolute Gasteiger partial charge is 0.488 e. The Hall–Kier alpha value is -1.80. The zero-order valence-corrected chi connectivity index (χ0v) is 11.5. The molecule has 0 heterocycles. The van der Waals surface area contributed by atoms with Crippen LogP contribution < -0.4 is 4.74 Å². The van der Waals surface area contributed by atoms with Crippen LogP contribution in [0.1, 0.15) is 36.1 Å². The average molecular weight is 256 g/mol. The van der Waals surface area contributed by atoms with Crippen molar-refractivity contribution in [2.75, 3.05) is 0 Å². The minimum absolute atomic E-state index is 0.467. The molecule has 0 aliphatic rings. The Balaban J connectivity index is 2.19. The van der Waals surface area contributed by atoms with Crippen LogP contribution in [0.2, 0.25) is 0 Å². The van der Waals surface area contributed by atoms with E-state index in [4.69, 9.17) is 4.74 Å². The molecule has 2 nitrogen and oxygen atoms in total. The van der Waals surface area contributed by atoms with Gasteiger partial charge >= 0.3 is 0 Å². The van der Waals surface area contributed by atoms with Crippen LogP contribution in [0.3, 0.4) is 0 Å². The number of benzene rings is 2. The van der Waals surface area contributed by atoms with E-state index in [1.807, 2.05) is 62.4 Å². The third-order valence-corrected chi connectivity index (χ3v) is 3.21. The lowest BCUT2D eigenvalue weighted by molar-refractivity contribution is 0.166. The maximum atomic E-state index is 10.1. The van der Waals surface area contributed by atoms with Crippen LogP contribution in [0.5, 0.6) is 5.75 Å². The molecule has 1 unspecified atom stereocenters. The van der Waals surface area contributed by atoms with Gasteiger partial charge in [-0.2, -0.15) is 0 Å². The fourth-order valence-corrected chi connectivity index (χ4v) is 2.08. The molecule has 0 saturated carbocycles. The Bertz CT molecular complexity index is 520. The van der Waals surface area contributed by atoms with Gasteiger partial charge in [-0.1, -0.05) is 55.5 Å². The van der Waals surface area contributed by atoms with Crippen molar-refractivity contribution >= 4 is 0 Å². The van der Waals surface area contributed by atoms with Crippen molar-refractivity contribution in [1.29, 1.82) is 0 Å². The highest BCUT2D eigenvalue weighted by Gasteiger charge is 2.13. The molecule has 2 aromatic carbocycles. The van der Waals surface area contributed by atoms with E-state index in [1.54, 1.807) is 0 Å². The second kappa shape index (κ2) is 6.39. The molecule has 0 bridgehead atoms. The third-order valence-electron chi connectivity index (χ3n) is 3.21. The number of hydrogen-bond donors (Lipinski definition) is 1. The maximum Gasteiger partial charge on any atom is 0.128 e. The molecule has 0 amide bonds. The summed E-state index contributed by atoms with van der Waals surface area (Å²) in [7, 11) is 0. The summed E-state index contributed by atoms with van der Waals surface area (Å²) in [6, 6.07) is 16.0. The molecular weight excluding hydrogens is 236 g/mol. The van der Waals surface area contributed by atoms with Gasteiger partial charge in [0.2, 0.25) is 0 Å². The van der Waals surface area contributed by atoms with Crippen LogP contribution >= 0.6 is 0 Å². The van der Waals surface area contributed by atoms with E-state index in [9.17, 15) is 5.11 Å². The molecule has 2 heteroatoms. The van der Waals surface area contributed by atoms with E-state index < -0.39 is 6.10 Å². The molecule has 0 spiro atoms. The summed E-state index contributed by atoms with van der Waals surface area (Å²) in [5.41, 5.74) is 3.06. The molecule has 0 aliphatic heterocycles. The second-order valence-electron chi connectivity index (χ2n) is 4.69. The topological polar surface area (TPSA) is 29.5 Å². The maximum absolute atomic E-state index is 10.1. The summed E-state index contributed by atoms with van der Waals surface area (Å²) in [4.78, 5) is 0. The Kier molecular flexibility index (Phi) is 4.58. The molecule has 0 fully saturated rings. The fraction of sp³-hybridized carbons (Fsp3) is 0.294. The van der Waals surface area contributed by atoms with E-state index in [0.717, 1.165) is 22.4 Å². The second-order valence-corrected chi connectivity index (χ2v) is 4.69. The lowest BCUT2D eigenvalue weighted by Gasteiger charge is -2.17. The first-order valence-electron chi connectivity index (χ1n) is 6.66. The van der Waals surface area contributed by atoms with Crippen LogP contribution in [0.25, 0.3) is 0 Å². The Morgan fingerprint density at radius 3 is 2.47 bits per heavy atom. The van der Waals surface area contributed by atoms with Crippen LogP contribution in [0.15, 0.2) is 48.5 Å². The Labute approximate surface area is 114 Å². The van der Waals surface area contributed by atoms with Crippen molar-refractivity contribution in [3.8, 4) is 5.75 Å². The van der Waals surface area contributed by atoms with Crippen molar-refractivity contribution < 1.29 is 9.84 Å². The lowest BCUT2D eigenvalue weighted by atomic mass is 10.0. The van der Waals surface area contributed by atoms with Gasteiger partial charge in [0, 0.05) is 5.56 Å². The number of para-hydroxylation sites is 1. The molecule has 0 saturated heterocycles. The number of rotatable bonds is 5. The van der Waals surface area contributed by atoms with Gasteiger partial charge in [0.1, 0.15) is 12.4 Å². The summed E-state index contributed by atoms with van der Waals surface area (Å²) < 4.78 is 5.92. The van der Waals surface area contributed by atoms with Crippen molar-refractivity contribution in [2.24, 2.45) is 0 Å². The zero-order chi connectivity index (χ0) is 13.7. The van der Waals surface area contributed by atoms with Gasteiger partial charge < -0.3 is 9.84 Å². The number of ether oxygens (including phenoxy) is 1. The van der Waals surface area contributed by atoms with Gasteiger partial charge in [-0.3, -0.25) is 0 Å². The standard InChI is InChI=1S/C17H20O2/c1-3-16(18)15-11-7-8-13(2)17(15)19-12-14-9-5-4-6-10-14/h4-11,16,18H,3,12H2,1-2H3. The molecular formula is C17H20O2. The van der Waals surface area contributed by atoms with Crippen molar-refractivity contribution in [3.05, 3.63) is 65.2 Å². The van der Waals surface area contributed by atoms with Crippen LogP contribution in [0.4, 0.5) is 0 Å². The smallest absolute Gasteiger partial charge is 0.128 e. The third kappa shape index (κ3) is 3.36. The predicted octanol–water partition coefficient (Wildman–Crippen LogP) is 4.02. The zero-order valence-electron chi connectivity index (χ0n) is 11.5. The monoisotopic (exact) mass is 256 g/mol. The Morgan fingerprint density at radius 2 is 1.79 bits per heavy atom. The van der Waals surface area contributed by atoms with Gasteiger partial charge in [-0.15, -0.1) is 0 Å². The normalized spacial score (nSPS) is 12.2. The van der Waals surface area contributed by atoms with Gasteiger partial charge in [0.05, 0.1) is 6.10 Å². The van der Waals surface area contributed by atoms with Gasteiger partial charge in [0.25, 0.3) is 0 Å². The summed E-state index contributed by atoms with van der Waals surface area (Å²) in [5, 5.41) is 10.1. The number of aliphatic hydroxyl groups excluding tert-OH is 1.